The molecule has 4 amide bonds. The third-order valence-corrected chi connectivity index (χ3v) is 8.10. The minimum Gasteiger partial charge on any atom is -0.368 e. The van der Waals surface area contributed by atoms with Gasteiger partial charge >= 0.3 is 0 Å². The molecule has 0 bridgehead atoms. The lowest BCUT2D eigenvalue weighted by atomic mass is 10.3. The smallest absolute Gasteiger partial charge is 0.245 e. The Morgan fingerprint density at radius 2 is 0.977 bits per heavy atom. The summed E-state index contributed by atoms with van der Waals surface area (Å²) in [5, 5.41) is 5.08. The van der Waals surface area contributed by atoms with Crippen molar-refractivity contribution in [3.8, 4) is 0 Å². The van der Waals surface area contributed by atoms with Gasteiger partial charge in [0.05, 0.1) is 9.79 Å². The molecule has 22 heteroatoms. The van der Waals surface area contributed by atoms with E-state index < -0.39 is 55.8 Å². The van der Waals surface area contributed by atoms with Crippen molar-refractivity contribution in [2.45, 2.75) is 21.9 Å². The van der Waals surface area contributed by atoms with Crippen LogP contribution in [0, 0.1) is 0 Å². The summed E-state index contributed by atoms with van der Waals surface area (Å²) in [6, 6.07) is 6.05. The van der Waals surface area contributed by atoms with Crippen LogP contribution in [0.15, 0.2) is 58.3 Å². The van der Waals surface area contributed by atoms with E-state index in [0.717, 1.165) is 24.3 Å². The van der Waals surface area contributed by atoms with E-state index in [2.05, 4.69) is 25.6 Å². The molecule has 0 saturated heterocycles. The number of nitrogens with one attached hydrogen (secondary N) is 4. The van der Waals surface area contributed by atoms with Crippen LogP contribution in [-0.4, -0.2) is 67.5 Å². The van der Waals surface area contributed by atoms with Gasteiger partial charge in [-0.3, -0.25) is 19.2 Å². The molecule has 0 atom stereocenters. The third-order valence-electron chi connectivity index (χ3n) is 5.09. The lowest BCUT2D eigenvalue weighted by Gasteiger charge is -2.14. The highest BCUT2D eigenvalue weighted by Gasteiger charge is 2.30. The average molecular weight is 656 g/mol. The number of benzene rings is 2. The second-order valence-corrected chi connectivity index (χ2v) is 12.0. The van der Waals surface area contributed by atoms with Crippen molar-refractivity contribution in [2.75, 3.05) is 10.6 Å². The van der Waals surface area contributed by atoms with Gasteiger partial charge in [0.15, 0.2) is 12.1 Å². The number of hydrogen-bond acceptors (Lipinski definition) is 13. The van der Waals surface area contributed by atoms with Gasteiger partial charge in [-0.1, -0.05) is 12.1 Å². The van der Waals surface area contributed by atoms with E-state index in [1.54, 1.807) is 0 Å². The van der Waals surface area contributed by atoms with Gasteiger partial charge in [-0.2, -0.15) is 24.4 Å². The molecule has 0 unspecified atom stereocenters. The van der Waals surface area contributed by atoms with Crippen LogP contribution in [-0.2, 0) is 39.2 Å². The number of amides is 4. The first-order valence-electron chi connectivity index (χ1n) is 11.4. The molecule has 19 nitrogen and oxygen atoms in total. The fraction of sp³-hybridized carbons (Fsp3) is 0.0952. The van der Waals surface area contributed by atoms with E-state index in [4.69, 9.17) is 34.5 Å². The minimum atomic E-state index is -4.44. The number of primary amides is 4. The number of aromatic nitrogens is 3. The summed E-state index contributed by atoms with van der Waals surface area (Å²) >= 11 is 5.99. The molecule has 1 aromatic heterocycles. The molecular formula is C21H22ClN11O8S2. The maximum absolute atomic E-state index is 12.7. The summed E-state index contributed by atoms with van der Waals surface area (Å²) in [4.78, 5) is 56.7. The van der Waals surface area contributed by atoms with Gasteiger partial charge in [-0.05, 0) is 48.0 Å². The van der Waals surface area contributed by atoms with Crippen LogP contribution in [0.1, 0.15) is 0 Å². The van der Waals surface area contributed by atoms with Crippen molar-refractivity contribution in [3.05, 3.63) is 53.8 Å². The first-order valence-corrected chi connectivity index (χ1v) is 14.7. The third kappa shape index (κ3) is 8.52. The summed E-state index contributed by atoms with van der Waals surface area (Å²) in [5.41, 5.74) is 20.3. The summed E-state index contributed by atoms with van der Waals surface area (Å²) in [5.74, 6) is -5.58. The second-order valence-electron chi connectivity index (χ2n) is 8.28. The Balaban J connectivity index is 1.84. The molecule has 3 aromatic rings. The van der Waals surface area contributed by atoms with Crippen molar-refractivity contribution in [1.82, 2.24) is 24.4 Å². The van der Waals surface area contributed by atoms with Crippen molar-refractivity contribution in [2.24, 2.45) is 22.9 Å². The molecule has 43 heavy (non-hydrogen) atoms. The first kappa shape index (κ1) is 32.6. The van der Waals surface area contributed by atoms with Gasteiger partial charge in [-0.15, -0.1) is 0 Å². The Hall–Kier alpha value is -4.96. The lowest BCUT2D eigenvalue weighted by molar-refractivity contribution is -0.129. The van der Waals surface area contributed by atoms with Gasteiger partial charge in [-0.25, -0.2) is 16.8 Å². The number of carbonyl (C=O) groups excluding carboxylic acids is 4. The van der Waals surface area contributed by atoms with Crippen molar-refractivity contribution < 1.29 is 36.0 Å². The van der Waals surface area contributed by atoms with Gasteiger partial charge in [0.2, 0.25) is 60.9 Å². The minimum absolute atomic E-state index is 0.114. The maximum Gasteiger partial charge on any atom is 0.245 e. The highest BCUT2D eigenvalue weighted by Crippen LogP contribution is 2.22. The largest absolute Gasteiger partial charge is 0.368 e. The molecule has 0 saturated carbocycles. The molecule has 0 aliphatic carbocycles. The van der Waals surface area contributed by atoms with Crippen molar-refractivity contribution >= 4 is 78.5 Å². The van der Waals surface area contributed by atoms with Crippen molar-refractivity contribution in [1.29, 1.82) is 0 Å². The summed E-state index contributed by atoms with van der Waals surface area (Å²) in [6.07, 6.45) is 0. The second kappa shape index (κ2) is 12.9. The fourth-order valence-corrected chi connectivity index (χ4v) is 5.76. The molecule has 0 radical (unpaired) electrons. The standard InChI is InChI=1S/C21H22ClN11O8S2/c22-19-29-20(27-9-3-1-5-11(7-9)42(38,39)32-13(15(23)34)16(24)35)31-21(30-19)28-10-4-2-6-12(8-10)43(40,41)33-14(17(25)36)18(26)37/h1-8,13-14,32-33H,(H2,23,34)(H2,24,35)(H2,25,36)(H2,26,37)(H2,27,28,29,30,31). The number of nitrogens with zero attached hydrogens (tertiary/aromatic N) is 3. The summed E-state index contributed by atoms with van der Waals surface area (Å²) in [6.45, 7) is 0. The zero-order valence-corrected chi connectivity index (χ0v) is 23.8. The van der Waals surface area contributed by atoms with E-state index in [-0.39, 0.29) is 38.3 Å². The lowest BCUT2D eigenvalue weighted by Crippen LogP contribution is -2.52. The number of halogens is 1. The molecule has 0 fully saturated rings. The Morgan fingerprint density at radius 3 is 1.30 bits per heavy atom. The number of rotatable bonds is 14. The van der Waals surface area contributed by atoms with Crippen LogP contribution >= 0.6 is 11.6 Å². The normalized spacial score (nSPS) is 11.7. The van der Waals surface area contributed by atoms with Crippen LogP contribution in [0.2, 0.25) is 5.28 Å². The average Bonchev–Trinajstić information content (AvgIpc) is 2.90. The van der Waals surface area contributed by atoms with Gasteiger partial charge < -0.3 is 33.6 Å². The predicted octanol–water partition coefficient (Wildman–Crippen LogP) is -2.75. The first-order chi connectivity index (χ1) is 20.0. The van der Waals surface area contributed by atoms with Crippen LogP contribution in [0.4, 0.5) is 23.3 Å². The summed E-state index contributed by atoms with van der Waals surface area (Å²) in [7, 11) is -8.89. The zero-order chi connectivity index (χ0) is 32.1. The quantitative estimate of drug-likeness (QED) is 0.0817. The maximum atomic E-state index is 12.7. The highest BCUT2D eigenvalue weighted by atomic mass is 35.5. The monoisotopic (exact) mass is 655 g/mol. The Kier molecular flexibility index (Phi) is 9.78. The molecule has 3 rings (SSSR count). The molecule has 12 N–H and O–H groups in total. The Bertz CT molecular complexity index is 1670. The molecule has 0 aliphatic rings. The molecule has 1 heterocycles. The SMILES string of the molecule is NC(=O)C(NS(=O)(=O)c1cccc(Nc2nc(Cl)nc(Nc3cccc(S(=O)(=O)NC(C(N)=O)C(N)=O)c3)n2)c1)C(N)=O. The van der Waals surface area contributed by atoms with Gasteiger partial charge in [0.1, 0.15) is 0 Å². The van der Waals surface area contributed by atoms with E-state index in [1.165, 1.54) is 24.3 Å². The van der Waals surface area contributed by atoms with E-state index in [0.29, 0.717) is 0 Å². The topological polar surface area (TPSA) is 327 Å². The molecule has 0 aliphatic heterocycles. The van der Waals surface area contributed by atoms with E-state index in [9.17, 15) is 36.0 Å². The molecule has 0 spiro atoms. The van der Waals surface area contributed by atoms with Gasteiger partial charge in [0.25, 0.3) is 0 Å². The molecule has 228 valence electrons. The number of nitrogens with two attached hydrogens (primary N) is 4. The number of hydrogen-bond donors (Lipinski definition) is 8. The molecule has 2 aromatic carbocycles. The van der Waals surface area contributed by atoms with Crippen LogP contribution in [0.5, 0.6) is 0 Å². The number of anilines is 4. The Morgan fingerprint density at radius 1 is 0.628 bits per heavy atom. The van der Waals surface area contributed by atoms with Crippen LogP contribution in [0.3, 0.4) is 0 Å². The predicted molar refractivity (Wildman–Crippen MR) is 149 cm³/mol. The van der Waals surface area contributed by atoms with Crippen LogP contribution < -0.4 is 43.0 Å². The fourth-order valence-electron chi connectivity index (χ4n) is 3.16. The van der Waals surface area contributed by atoms with E-state index in [1.807, 2.05) is 9.44 Å². The zero-order valence-electron chi connectivity index (χ0n) is 21.4. The number of carbonyl (C=O) groups is 4. The van der Waals surface area contributed by atoms with Gasteiger partial charge in [0, 0.05) is 11.4 Å². The van der Waals surface area contributed by atoms with Crippen LogP contribution in [0.25, 0.3) is 0 Å². The number of sulfonamides is 2. The Labute approximate surface area is 247 Å². The van der Waals surface area contributed by atoms with Crippen molar-refractivity contribution in [3.63, 3.8) is 0 Å². The summed E-state index contributed by atoms with van der Waals surface area (Å²) < 4.78 is 54.3. The highest BCUT2D eigenvalue weighted by molar-refractivity contribution is 7.89. The van der Waals surface area contributed by atoms with E-state index >= 15 is 0 Å². The molecular weight excluding hydrogens is 634 g/mol.